The zero-order valence-electron chi connectivity index (χ0n) is 12.3. The highest BCUT2D eigenvalue weighted by molar-refractivity contribution is 5.35. The highest BCUT2D eigenvalue weighted by Gasteiger charge is 2.59. The minimum Gasteiger partial charge on any atom is -0.494 e. The molecule has 5 atom stereocenters. The Labute approximate surface area is 121 Å². The minimum absolute atomic E-state index is 0.0685. The lowest BCUT2D eigenvalue weighted by molar-refractivity contribution is 0.156. The molecule has 0 amide bonds. The van der Waals surface area contributed by atoms with Gasteiger partial charge in [0.2, 0.25) is 0 Å². The first-order valence-electron chi connectivity index (χ1n) is 8.24. The molecule has 2 bridgehead atoms. The number of benzene rings is 1. The van der Waals surface area contributed by atoms with E-state index in [1.807, 2.05) is 6.92 Å². The number of rotatable bonds is 3. The molecular formula is C18H25NO. The topological polar surface area (TPSA) is 35.2 Å². The van der Waals surface area contributed by atoms with Crippen LogP contribution in [-0.2, 0) is 5.54 Å². The number of nitrogens with two attached hydrogens (primary N) is 1. The Hall–Kier alpha value is -1.02. The van der Waals surface area contributed by atoms with Crippen molar-refractivity contribution in [1.82, 2.24) is 0 Å². The van der Waals surface area contributed by atoms with Gasteiger partial charge in [0, 0.05) is 5.54 Å². The molecule has 1 aromatic carbocycles. The Morgan fingerprint density at radius 3 is 2.70 bits per heavy atom. The van der Waals surface area contributed by atoms with Gasteiger partial charge in [-0.05, 0) is 74.0 Å². The van der Waals surface area contributed by atoms with Gasteiger partial charge in [-0.2, -0.15) is 0 Å². The smallest absolute Gasteiger partial charge is 0.119 e. The summed E-state index contributed by atoms with van der Waals surface area (Å²) in [5.74, 6) is 4.48. The van der Waals surface area contributed by atoms with Gasteiger partial charge in [-0.1, -0.05) is 18.6 Å². The van der Waals surface area contributed by atoms with Crippen molar-refractivity contribution in [2.45, 2.75) is 44.6 Å². The Bertz CT molecular complexity index is 497. The highest BCUT2D eigenvalue weighted by atomic mass is 16.5. The zero-order valence-corrected chi connectivity index (χ0v) is 12.3. The van der Waals surface area contributed by atoms with Crippen LogP contribution in [-0.4, -0.2) is 6.61 Å². The fourth-order valence-electron chi connectivity index (χ4n) is 5.55. The van der Waals surface area contributed by atoms with Crippen LogP contribution in [0.2, 0.25) is 0 Å². The molecule has 20 heavy (non-hydrogen) atoms. The summed E-state index contributed by atoms with van der Waals surface area (Å²) >= 11 is 0. The van der Waals surface area contributed by atoms with Crippen LogP contribution in [0.1, 0.15) is 44.6 Å². The normalized spacial score (nSPS) is 41.9. The molecule has 2 nitrogen and oxygen atoms in total. The van der Waals surface area contributed by atoms with E-state index in [4.69, 9.17) is 10.5 Å². The van der Waals surface area contributed by atoms with Gasteiger partial charge in [-0.25, -0.2) is 0 Å². The fourth-order valence-corrected chi connectivity index (χ4v) is 5.55. The molecule has 0 aromatic heterocycles. The largest absolute Gasteiger partial charge is 0.494 e. The maximum Gasteiger partial charge on any atom is 0.119 e. The van der Waals surface area contributed by atoms with Gasteiger partial charge in [0.25, 0.3) is 0 Å². The number of fused-ring (bicyclic) bond motifs is 5. The molecule has 3 aliphatic carbocycles. The first kappa shape index (κ1) is 12.7. The summed E-state index contributed by atoms with van der Waals surface area (Å²) in [7, 11) is 0. The predicted octanol–water partition coefficient (Wildman–Crippen LogP) is 3.70. The van der Waals surface area contributed by atoms with E-state index in [2.05, 4.69) is 24.3 Å². The Morgan fingerprint density at radius 1 is 1.20 bits per heavy atom. The summed E-state index contributed by atoms with van der Waals surface area (Å²) in [4.78, 5) is 0. The van der Waals surface area contributed by atoms with Gasteiger partial charge < -0.3 is 10.5 Å². The maximum absolute atomic E-state index is 6.90. The molecule has 3 fully saturated rings. The molecule has 4 rings (SSSR count). The summed E-state index contributed by atoms with van der Waals surface area (Å²) in [5.41, 5.74) is 8.17. The molecule has 2 heteroatoms. The molecule has 1 aromatic rings. The Morgan fingerprint density at radius 2 is 1.95 bits per heavy atom. The van der Waals surface area contributed by atoms with Crippen LogP contribution >= 0.6 is 0 Å². The average molecular weight is 271 g/mol. The molecule has 0 saturated heterocycles. The van der Waals surface area contributed by atoms with E-state index in [1.54, 1.807) is 0 Å². The SMILES string of the molecule is CCOc1ccc(C2(N)CC3CC2C2CCCC32)cc1. The van der Waals surface area contributed by atoms with Gasteiger partial charge >= 0.3 is 0 Å². The maximum atomic E-state index is 6.90. The molecule has 5 unspecified atom stereocenters. The fraction of sp³-hybridized carbons (Fsp3) is 0.667. The van der Waals surface area contributed by atoms with E-state index < -0.39 is 0 Å². The van der Waals surface area contributed by atoms with Crippen molar-refractivity contribution in [1.29, 1.82) is 0 Å². The predicted molar refractivity (Wildman–Crippen MR) is 80.5 cm³/mol. The van der Waals surface area contributed by atoms with Crippen molar-refractivity contribution < 1.29 is 4.74 Å². The lowest BCUT2D eigenvalue weighted by Crippen LogP contribution is -2.46. The molecule has 0 aliphatic heterocycles. The van der Waals surface area contributed by atoms with Crippen molar-refractivity contribution >= 4 is 0 Å². The molecule has 3 saturated carbocycles. The molecule has 0 radical (unpaired) electrons. The van der Waals surface area contributed by atoms with Crippen LogP contribution in [0.5, 0.6) is 5.75 Å². The lowest BCUT2D eigenvalue weighted by atomic mass is 9.68. The quantitative estimate of drug-likeness (QED) is 0.910. The second-order valence-corrected chi connectivity index (χ2v) is 7.06. The van der Waals surface area contributed by atoms with Crippen LogP contribution in [0, 0.1) is 23.7 Å². The highest BCUT2D eigenvalue weighted by Crippen LogP contribution is 2.64. The van der Waals surface area contributed by atoms with Crippen LogP contribution < -0.4 is 10.5 Å². The van der Waals surface area contributed by atoms with Crippen molar-refractivity contribution in [3.8, 4) is 5.75 Å². The third kappa shape index (κ3) is 1.67. The van der Waals surface area contributed by atoms with Crippen LogP contribution in [0.4, 0.5) is 0 Å². The summed E-state index contributed by atoms with van der Waals surface area (Å²) in [5, 5.41) is 0. The second-order valence-electron chi connectivity index (χ2n) is 7.06. The molecule has 0 spiro atoms. The monoisotopic (exact) mass is 271 g/mol. The summed E-state index contributed by atoms with van der Waals surface area (Å²) in [6.45, 7) is 2.75. The van der Waals surface area contributed by atoms with E-state index in [1.165, 1.54) is 37.7 Å². The van der Waals surface area contributed by atoms with Crippen molar-refractivity contribution in [3.63, 3.8) is 0 Å². The van der Waals surface area contributed by atoms with E-state index >= 15 is 0 Å². The van der Waals surface area contributed by atoms with Gasteiger partial charge in [0.1, 0.15) is 5.75 Å². The summed E-state index contributed by atoms with van der Waals surface area (Å²) < 4.78 is 5.55. The standard InChI is InChI=1S/C18H25NO/c1-2-20-14-8-6-13(7-9-14)18(19)11-12-10-17(18)16-5-3-4-15(12)16/h6-9,12,15-17H,2-5,10-11,19H2,1H3. The van der Waals surface area contributed by atoms with Crippen LogP contribution in [0.3, 0.4) is 0 Å². The van der Waals surface area contributed by atoms with Gasteiger partial charge in [0.15, 0.2) is 0 Å². The van der Waals surface area contributed by atoms with Gasteiger partial charge in [0.05, 0.1) is 6.61 Å². The number of hydrogen-bond acceptors (Lipinski definition) is 2. The zero-order chi connectivity index (χ0) is 13.7. The third-order valence-corrected chi connectivity index (χ3v) is 6.27. The first-order chi connectivity index (χ1) is 9.72. The molecular weight excluding hydrogens is 246 g/mol. The number of ether oxygens (including phenoxy) is 1. The molecule has 2 N–H and O–H groups in total. The van der Waals surface area contributed by atoms with Gasteiger partial charge in [-0.15, -0.1) is 0 Å². The van der Waals surface area contributed by atoms with Crippen molar-refractivity contribution in [3.05, 3.63) is 29.8 Å². The van der Waals surface area contributed by atoms with Crippen molar-refractivity contribution in [2.75, 3.05) is 6.61 Å². The van der Waals surface area contributed by atoms with E-state index in [0.29, 0.717) is 0 Å². The Kier molecular flexibility index (Phi) is 2.85. The third-order valence-electron chi connectivity index (χ3n) is 6.27. The van der Waals surface area contributed by atoms with Crippen LogP contribution in [0.25, 0.3) is 0 Å². The summed E-state index contributed by atoms with van der Waals surface area (Å²) in [6, 6.07) is 8.59. The summed E-state index contributed by atoms with van der Waals surface area (Å²) in [6.07, 6.45) is 6.89. The van der Waals surface area contributed by atoms with Gasteiger partial charge in [-0.3, -0.25) is 0 Å². The van der Waals surface area contributed by atoms with Crippen LogP contribution in [0.15, 0.2) is 24.3 Å². The average Bonchev–Trinajstić information content (AvgIpc) is 3.11. The Balaban J connectivity index is 1.61. The lowest BCUT2D eigenvalue weighted by Gasteiger charge is -2.40. The first-order valence-corrected chi connectivity index (χ1v) is 8.24. The number of hydrogen-bond donors (Lipinski definition) is 1. The van der Waals surface area contributed by atoms with E-state index in [9.17, 15) is 0 Å². The second kappa shape index (κ2) is 4.49. The molecule has 108 valence electrons. The minimum atomic E-state index is -0.0685. The van der Waals surface area contributed by atoms with E-state index in [0.717, 1.165) is 36.0 Å². The molecule has 3 aliphatic rings. The van der Waals surface area contributed by atoms with E-state index in [-0.39, 0.29) is 5.54 Å². The van der Waals surface area contributed by atoms with Crippen molar-refractivity contribution in [2.24, 2.45) is 29.4 Å². The molecule has 0 heterocycles.